The zero-order chi connectivity index (χ0) is 15.5. The SMILES string of the molecule is CCCNC(COCCOC)c1cncc(OC(C)C)c1. The van der Waals surface area contributed by atoms with Gasteiger partial charge in [-0.15, -0.1) is 0 Å². The maximum atomic E-state index is 5.70. The van der Waals surface area contributed by atoms with E-state index in [1.54, 1.807) is 13.3 Å². The van der Waals surface area contributed by atoms with Crippen LogP contribution in [0, 0.1) is 0 Å². The molecule has 1 unspecified atom stereocenters. The summed E-state index contributed by atoms with van der Waals surface area (Å²) in [6.07, 6.45) is 4.82. The van der Waals surface area contributed by atoms with Crippen LogP contribution in [0.1, 0.15) is 38.8 Å². The van der Waals surface area contributed by atoms with Crippen LogP contribution in [0.5, 0.6) is 5.75 Å². The van der Waals surface area contributed by atoms with Gasteiger partial charge in [0.1, 0.15) is 5.75 Å². The highest BCUT2D eigenvalue weighted by atomic mass is 16.5. The van der Waals surface area contributed by atoms with Crippen LogP contribution in [0.15, 0.2) is 18.5 Å². The van der Waals surface area contributed by atoms with Crippen LogP contribution in [0.3, 0.4) is 0 Å². The van der Waals surface area contributed by atoms with Crippen LogP contribution in [0.4, 0.5) is 0 Å². The number of hydrogen-bond donors (Lipinski definition) is 1. The van der Waals surface area contributed by atoms with Crippen LogP contribution in [-0.4, -0.2) is 44.6 Å². The molecule has 0 amide bonds. The molecule has 120 valence electrons. The third-order valence-corrected chi connectivity index (χ3v) is 2.87. The van der Waals surface area contributed by atoms with Crippen LogP contribution < -0.4 is 10.1 Å². The predicted octanol–water partition coefficient (Wildman–Crippen LogP) is 2.57. The maximum Gasteiger partial charge on any atom is 0.138 e. The molecular formula is C16H28N2O3. The van der Waals surface area contributed by atoms with Gasteiger partial charge in [0.15, 0.2) is 0 Å². The summed E-state index contributed by atoms with van der Waals surface area (Å²) < 4.78 is 16.3. The van der Waals surface area contributed by atoms with Crippen molar-refractivity contribution in [2.75, 3.05) is 33.5 Å². The Balaban J connectivity index is 2.66. The van der Waals surface area contributed by atoms with E-state index in [1.807, 2.05) is 26.1 Å². The molecule has 0 saturated heterocycles. The minimum absolute atomic E-state index is 0.116. The lowest BCUT2D eigenvalue weighted by atomic mass is 10.1. The van der Waals surface area contributed by atoms with Gasteiger partial charge >= 0.3 is 0 Å². The average molecular weight is 296 g/mol. The van der Waals surface area contributed by atoms with E-state index >= 15 is 0 Å². The van der Waals surface area contributed by atoms with Gasteiger partial charge < -0.3 is 19.5 Å². The van der Waals surface area contributed by atoms with Crippen molar-refractivity contribution in [3.8, 4) is 5.75 Å². The lowest BCUT2D eigenvalue weighted by Crippen LogP contribution is -2.27. The van der Waals surface area contributed by atoms with Gasteiger partial charge in [-0.25, -0.2) is 0 Å². The van der Waals surface area contributed by atoms with Gasteiger partial charge in [-0.05, 0) is 38.4 Å². The second-order valence-corrected chi connectivity index (χ2v) is 5.20. The van der Waals surface area contributed by atoms with E-state index in [1.165, 1.54) is 0 Å². The van der Waals surface area contributed by atoms with E-state index in [2.05, 4.69) is 17.2 Å². The molecule has 0 radical (unpaired) electrons. The van der Waals surface area contributed by atoms with Gasteiger partial charge in [-0.3, -0.25) is 4.98 Å². The molecule has 5 nitrogen and oxygen atoms in total. The molecular weight excluding hydrogens is 268 g/mol. The smallest absolute Gasteiger partial charge is 0.138 e. The number of methoxy groups -OCH3 is 1. The molecule has 0 aliphatic rings. The van der Waals surface area contributed by atoms with E-state index < -0.39 is 0 Å². The number of nitrogens with zero attached hydrogens (tertiary/aromatic N) is 1. The molecule has 0 aliphatic carbocycles. The van der Waals surface area contributed by atoms with Crippen molar-refractivity contribution in [2.45, 2.75) is 39.3 Å². The van der Waals surface area contributed by atoms with Crippen LogP contribution in [-0.2, 0) is 9.47 Å². The Bertz CT molecular complexity index is 386. The second-order valence-electron chi connectivity index (χ2n) is 5.20. The highest BCUT2D eigenvalue weighted by Crippen LogP contribution is 2.19. The van der Waals surface area contributed by atoms with Gasteiger partial charge in [-0.1, -0.05) is 6.92 Å². The number of aromatic nitrogens is 1. The van der Waals surface area contributed by atoms with Crippen molar-refractivity contribution in [3.05, 3.63) is 24.0 Å². The van der Waals surface area contributed by atoms with Crippen molar-refractivity contribution in [2.24, 2.45) is 0 Å². The zero-order valence-electron chi connectivity index (χ0n) is 13.6. The molecule has 1 aromatic heterocycles. The molecule has 1 aromatic rings. The number of rotatable bonds is 11. The summed E-state index contributed by atoms with van der Waals surface area (Å²) in [5.41, 5.74) is 1.08. The maximum absolute atomic E-state index is 5.70. The Morgan fingerprint density at radius 3 is 2.71 bits per heavy atom. The van der Waals surface area contributed by atoms with Gasteiger partial charge in [-0.2, -0.15) is 0 Å². The Kier molecular flexibility index (Phi) is 8.98. The molecule has 0 saturated carbocycles. The molecule has 5 heteroatoms. The fourth-order valence-corrected chi connectivity index (χ4v) is 1.90. The van der Waals surface area contributed by atoms with E-state index in [4.69, 9.17) is 14.2 Å². The number of ether oxygens (including phenoxy) is 3. The summed E-state index contributed by atoms with van der Waals surface area (Å²) in [7, 11) is 1.67. The minimum atomic E-state index is 0.116. The molecule has 1 rings (SSSR count). The first-order chi connectivity index (χ1) is 10.2. The monoisotopic (exact) mass is 296 g/mol. The Morgan fingerprint density at radius 2 is 2.05 bits per heavy atom. The zero-order valence-corrected chi connectivity index (χ0v) is 13.6. The highest BCUT2D eigenvalue weighted by Gasteiger charge is 2.13. The fraction of sp³-hybridized carbons (Fsp3) is 0.688. The summed E-state index contributed by atoms with van der Waals surface area (Å²) in [6.45, 7) is 8.89. The third kappa shape index (κ3) is 7.41. The first-order valence-electron chi connectivity index (χ1n) is 7.59. The first kappa shape index (κ1) is 17.9. The van der Waals surface area contributed by atoms with Gasteiger partial charge in [0.25, 0.3) is 0 Å². The van der Waals surface area contributed by atoms with E-state index in [0.29, 0.717) is 19.8 Å². The predicted molar refractivity (Wildman–Crippen MR) is 83.7 cm³/mol. The number of pyridine rings is 1. The lowest BCUT2D eigenvalue weighted by molar-refractivity contribution is 0.0585. The largest absolute Gasteiger partial charge is 0.489 e. The second kappa shape index (κ2) is 10.5. The van der Waals surface area contributed by atoms with Crippen molar-refractivity contribution in [3.63, 3.8) is 0 Å². The van der Waals surface area contributed by atoms with E-state index in [9.17, 15) is 0 Å². The third-order valence-electron chi connectivity index (χ3n) is 2.87. The lowest BCUT2D eigenvalue weighted by Gasteiger charge is -2.20. The summed E-state index contributed by atoms with van der Waals surface area (Å²) in [6, 6.07) is 2.14. The van der Waals surface area contributed by atoms with Gasteiger partial charge in [0.2, 0.25) is 0 Å². The Labute approximate surface area is 128 Å². The molecule has 0 fully saturated rings. The Morgan fingerprint density at radius 1 is 1.24 bits per heavy atom. The molecule has 0 aliphatic heterocycles. The number of hydrogen-bond acceptors (Lipinski definition) is 5. The van der Waals surface area contributed by atoms with Crippen molar-refractivity contribution in [1.29, 1.82) is 0 Å². The molecule has 0 aromatic carbocycles. The highest BCUT2D eigenvalue weighted by molar-refractivity contribution is 5.26. The Hall–Kier alpha value is -1.17. The van der Waals surface area contributed by atoms with Crippen molar-refractivity contribution >= 4 is 0 Å². The fourth-order valence-electron chi connectivity index (χ4n) is 1.90. The molecule has 1 N–H and O–H groups in total. The topological polar surface area (TPSA) is 52.6 Å². The van der Waals surface area contributed by atoms with Crippen molar-refractivity contribution < 1.29 is 14.2 Å². The van der Waals surface area contributed by atoms with E-state index in [0.717, 1.165) is 24.3 Å². The minimum Gasteiger partial charge on any atom is -0.489 e. The van der Waals surface area contributed by atoms with Crippen molar-refractivity contribution in [1.82, 2.24) is 10.3 Å². The number of nitrogens with one attached hydrogen (secondary N) is 1. The summed E-state index contributed by atoms with van der Waals surface area (Å²) in [5.74, 6) is 0.794. The molecule has 21 heavy (non-hydrogen) atoms. The van der Waals surface area contributed by atoms with Crippen LogP contribution >= 0.6 is 0 Å². The van der Waals surface area contributed by atoms with Crippen LogP contribution in [0.2, 0.25) is 0 Å². The first-order valence-corrected chi connectivity index (χ1v) is 7.59. The standard InChI is InChI=1S/C16H28N2O3/c1-5-6-18-16(12-20-8-7-19-4)14-9-15(11-17-10-14)21-13(2)3/h9-11,13,16,18H,5-8,12H2,1-4H3. The van der Waals surface area contributed by atoms with Crippen LogP contribution in [0.25, 0.3) is 0 Å². The quantitative estimate of drug-likeness (QED) is 0.636. The molecule has 0 spiro atoms. The summed E-state index contributed by atoms with van der Waals surface area (Å²) in [5, 5.41) is 3.48. The average Bonchev–Trinajstić information content (AvgIpc) is 2.46. The normalized spacial score (nSPS) is 12.6. The summed E-state index contributed by atoms with van der Waals surface area (Å²) in [4.78, 5) is 4.27. The molecule has 1 atom stereocenters. The van der Waals surface area contributed by atoms with E-state index in [-0.39, 0.29) is 12.1 Å². The van der Waals surface area contributed by atoms with Gasteiger partial charge in [0, 0.05) is 13.3 Å². The molecule has 0 bridgehead atoms. The molecule has 1 heterocycles. The summed E-state index contributed by atoms with van der Waals surface area (Å²) >= 11 is 0. The van der Waals surface area contributed by atoms with Gasteiger partial charge in [0.05, 0.1) is 38.2 Å².